The van der Waals surface area contributed by atoms with Crippen molar-refractivity contribution < 1.29 is 9.32 Å². The lowest BCUT2D eigenvalue weighted by Gasteiger charge is -2.04. The van der Waals surface area contributed by atoms with E-state index in [0.29, 0.717) is 22.4 Å². The average molecular weight is 422 g/mol. The standard InChI is InChI=1S/C22H23N5O2S/c1-5-16-6-8-17(9-7-16)21-23-22(25-24-21)30-12-19(28)18-10-13(2)27(15(18)4)20-11-14(3)29-26-20/h6-11H,5,12H2,1-4H3,(H,23,24,25). The van der Waals surface area contributed by atoms with Crippen molar-refractivity contribution >= 4 is 17.5 Å². The number of Topliss-reactive ketones (excluding diaryl/α,β-unsaturated/α-hetero) is 1. The SMILES string of the molecule is CCc1ccc(-c2nc(SCC(=O)c3cc(C)n(-c4cc(C)on4)c3C)n[nH]2)cc1. The molecule has 1 aromatic carbocycles. The van der Waals surface area contributed by atoms with Crippen LogP contribution < -0.4 is 0 Å². The van der Waals surface area contributed by atoms with Gasteiger partial charge in [0.15, 0.2) is 17.4 Å². The van der Waals surface area contributed by atoms with Crippen molar-refractivity contribution in [2.24, 2.45) is 0 Å². The van der Waals surface area contributed by atoms with Crippen molar-refractivity contribution in [3.8, 4) is 17.2 Å². The van der Waals surface area contributed by atoms with Gasteiger partial charge in [-0.05, 0) is 38.8 Å². The molecular weight excluding hydrogens is 398 g/mol. The molecule has 0 aliphatic heterocycles. The Morgan fingerprint density at radius 3 is 2.60 bits per heavy atom. The number of thioether (sulfide) groups is 1. The van der Waals surface area contributed by atoms with E-state index >= 15 is 0 Å². The fourth-order valence-electron chi connectivity index (χ4n) is 3.40. The third-order valence-corrected chi connectivity index (χ3v) is 5.86. The van der Waals surface area contributed by atoms with E-state index in [1.165, 1.54) is 17.3 Å². The molecule has 3 heterocycles. The zero-order valence-corrected chi connectivity index (χ0v) is 18.2. The molecule has 0 aliphatic carbocycles. The van der Waals surface area contributed by atoms with Gasteiger partial charge in [0.1, 0.15) is 5.76 Å². The highest BCUT2D eigenvalue weighted by Crippen LogP contribution is 2.24. The van der Waals surface area contributed by atoms with Crippen LogP contribution in [0.25, 0.3) is 17.2 Å². The quantitative estimate of drug-likeness (QED) is 0.343. The number of nitrogens with zero attached hydrogens (tertiary/aromatic N) is 4. The van der Waals surface area contributed by atoms with Crippen LogP contribution in [0, 0.1) is 20.8 Å². The Morgan fingerprint density at radius 1 is 1.17 bits per heavy atom. The monoisotopic (exact) mass is 421 g/mol. The van der Waals surface area contributed by atoms with Gasteiger partial charge in [0.25, 0.3) is 0 Å². The van der Waals surface area contributed by atoms with Gasteiger partial charge in [-0.15, -0.1) is 5.10 Å². The summed E-state index contributed by atoms with van der Waals surface area (Å²) in [7, 11) is 0. The molecule has 0 unspecified atom stereocenters. The van der Waals surface area contributed by atoms with E-state index in [9.17, 15) is 4.79 Å². The molecule has 154 valence electrons. The highest BCUT2D eigenvalue weighted by atomic mass is 32.2. The molecule has 4 rings (SSSR count). The highest BCUT2D eigenvalue weighted by Gasteiger charge is 2.19. The van der Waals surface area contributed by atoms with E-state index in [1.54, 1.807) is 0 Å². The Kier molecular flexibility index (Phi) is 5.59. The number of hydrogen-bond acceptors (Lipinski definition) is 6. The second kappa shape index (κ2) is 8.31. The van der Waals surface area contributed by atoms with Crippen LogP contribution in [0.2, 0.25) is 0 Å². The van der Waals surface area contributed by atoms with Crippen LogP contribution in [0.4, 0.5) is 0 Å². The molecule has 0 fully saturated rings. The molecule has 0 aliphatic rings. The Balaban J connectivity index is 1.46. The number of H-pyrrole nitrogens is 1. The summed E-state index contributed by atoms with van der Waals surface area (Å²) in [4.78, 5) is 17.4. The number of ketones is 1. The summed E-state index contributed by atoms with van der Waals surface area (Å²) in [6.45, 7) is 7.84. The molecule has 1 N–H and O–H groups in total. The normalized spacial score (nSPS) is 11.2. The summed E-state index contributed by atoms with van der Waals surface area (Å²) in [5, 5.41) is 11.8. The van der Waals surface area contributed by atoms with Crippen molar-refractivity contribution in [3.05, 3.63) is 64.7 Å². The largest absolute Gasteiger partial charge is 0.360 e. The van der Waals surface area contributed by atoms with Gasteiger partial charge in [0.2, 0.25) is 5.16 Å². The lowest BCUT2D eigenvalue weighted by molar-refractivity contribution is 0.102. The summed E-state index contributed by atoms with van der Waals surface area (Å²) in [6, 6.07) is 12.0. The topological polar surface area (TPSA) is 89.6 Å². The third-order valence-electron chi connectivity index (χ3n) is 5.01. The van der Waals surface area contributed by atoms with Gasteiger partial charge < -0.3 is 4.52 Å². The van der Waals surface area contributed by atoms with Gasteiger partial charge in [-0.25, -0.2) is 4.98 Å². The lowest BCUT2D eigenvalue weighted by atomic mass is 10.1. The Bertz CT molecular complexity index is 1190. The second-order valence-corrected chi connectivity index (χ2v) is 8.09. The molecule has 30 heavy (non-hydrogen) atoms. The van der Waals surface area contributed by atoms with E-state index in [1.807, 2.05) is 49.6 Å². The van der Waals surface area contributed by atoms with E-state index < -0.39 is 0 Å². The minimum absolute atomic E-state index is 0.0261. The maximum absolute atomic E-state index is 12.8. The minimum atomic E-state index is 0.0261. The molecular formula is C22H23N5O2S. The molecule has 3 aromatic heterocycles. The zero-order valence-electron chi connectivity index (χ0n) is 17.4. The van der Waals surface area contributed by atoms with E-state index in [4.69, 9.17) is 4.52 Å². The van der Waals surface area contributed by atoms with Gasteiger partial charge in [0.05, 0.1) is 5.75 Å². The van der Waals surface area contributed by atoms with E-state index in [-0.39, 0.29) is 11.5 Å². The molecule has 4 aromatic rings. The van der Waals surface area contributed by atoms with Crippen LogP contribution in [0.15, 0.2) is 46.1 Å². The van der Waals surface area contributed by atoms with Crippen LogP contribution >= 0.6 is 11.8 Å². The van der Waals surface area contributed by atoms with Crippen LogP contribution in [0.5, 0.6) is 0 Å². The zero-order chi connectivity index (χ0) is 21.3. The van der Waals surface area contributed by atoms with Gasteiger partial charge >= 0.3 is 0 Å². The van der Waals surface area contributed by atoms with Crippen molar-refractivity contribution in [3.63, 3.8) is 0 Å². The Hall–Kier alpha value is -3.13. The molecule has 0 bridgehead atoms. The summed E-state index contributed by atoms with van der Waals surface area (Å²) < 4.78 is 7.11. The van der Waals surface area contributed by atoms with Crippen molar-refractivity contribution in [1.82, 2.24) is 24.9 Å². The fourth-order valence-corrected chi connectivity index (χ4v) is 4.08. The summed E-state index contributed by atoms with van der Waals surface area (Å²) in [5.74, 6) is 2.40. The number of nitrogens with one attached hydrogen (secondary N) is 1. The first-order chi connectivity index (χ1) is 14.5. The van der Waals surface area contributed by atoms with Gasteiger partial charge in [0, 0.05) is 28.6 Å². The van der Waals surface area contributed by atoms with Gasteiger partial charge in [-0.2, -0.15) is 0 Å². The fraction of sp³-hybridized carbons (Fsp3) is 0.273. The van der Waals surface area contributed by atoms with E-state index in [2.05, 4.69) is 39.4 Å². The molecule has 0 atom stereocenters. The molecule has 0 amide bonds. The number of carbonyl (C=O) groups excluding carboxylic acids is 1. The van der Waals surface area contributed by atoms with Crippen molar-refractivity contribution in [2.45, 2.75) is 39.3 Å². The highest BCUT2D eigenvalue weighted by molar-refractivity contribution is 7.99. The maximum atomic E-state index is 12.8. The summed E-state index contributed by atoms with van der Waals surface area (Å²) in [5.41, 5.74) is 4.70. The Labute approximate surface area is 178 Å². The first-order valence-electron chi connectivity index (χ1n) is 9.76. The predicted molar refractivity (Wildman–Crippen MR) is 116 cm³/mol. The van der Waals surface area contributed by atoms with E-state index in [0.717, 1.165) is 29.1 Å². The first kappa shape index (κ1) is 20.2. The van der Waals surface area contributed by atoms with Crippen molar-refractivity contribution in [2.75, 3.05) is 5.75 Å². The number of carbonyl (C=O) groups is 1. The maximum Gasteiger partial charge on any atom is 0.209 e. The third kappa shape index (κ3) is 3.95. The number of aromatic amines is 1. The smallest absolute Gasteiger partial charge is 0.209 e. The number of benzene rings is 1. The summed E-state index contributed by atoms with van der Waals surface area (Å²) in [6.07, 6.45) is 0.997. The Morgan fingerprint density at radius 2 is 1.93 bits per heavy atom. The average Bonchev–Trinajstić information content (AvgIpc) is 3.45. The summed E-state index contributed by atoms with van der Waals surface area (Å²) >= 11 is 1.32. The number of rotatable bonds is 7. The van der Waals surface area contributed by atoms with Crippen LogP contribution in [0.3, 0.4) is 0 Å². The molecule has 0 radical (unpaired) electrons. The minimum Gasteiger partial charge on any atom is -0.360 e. The molecule has 0 spiro atoms. The molecule has 0 saturated carbocycles. The van der Waals surface area contributed by atoms with Gasteiger partial charge in [-0.1, -0.05) is 48.1 Å². The van der Waals surface area contributed by atoms with Gasteiger partial charge in [-0.3, -0.25) is 14.5 Å². The number of hydrogen-bond donors (Lipinski definition) is 1. The molecule has 7 nitrogen and oxygen atoms in total. The van der Waals surface area contributed by atoms with Crippen LogP contribution in [-0.2, 0) is 6.42 Å². The van der Waals surface area contributed by atoms with Crippen molar-refractivity contribution in [1.29, 1.82) is 0 Å². The van der Waals surface area contributed by atoms with Crippen LogP contribution in [-0.4, -0.2) is 36.4 Å². The first-order valence-corrected chi connectivity index (χ1v) is 10.7. The number of aryl methyl sites for hydroxylation is 3. The molecule has 0 saturated heterocycles. The second-order valence-electron chi connectivity index (χ2n) is 7.14. The van der Waals surface area contributed by atoms with Crippen LogP contribution in [0.1, 0.15) is 40.0 Å². The predicted octanol–water partition coefficient (Wildman–Crippen LogP) is 4.71. The lowest BCUT2D eigenvalue weighted by Crippen LogP contribution is -2.06. The molecule has 8 heteroatoms. The number of aromatic nitrogens is 5.